The molecule has 0 aliphatic heterocycles. The van der Waals surface area contributed by atoms with Crippen LogP contribution in [0.15, 0.2) is 0 Å². The molecule has 0 rings (SSSR count). The molecule has 0 unspecified atom stereocenters. The maximum atomic E-state index is 8.46. The molecule has 0 radical (unpaired) electrons. The van der Waals surface area contributed by atoms with Crippen LogP contribution in [0, 0.1) is 0 Å². The van der Waals surface area contributed by atoms with Gasteiger partial charge in [-0.25, -0.2) is 0 Å². The van der Waals surface area contributed by atoms with E-state index in [1.54, 1.807) is 0 Å². The summed E-state index contributed by atoms with van der Waals surface area (Å²) in [6.45, 7) is 2.82. The minimum atomic E-state index is 0.243. The van der Waals surface area contributed by atoms with Gasteiger partial charge in [0.15, 0.2) is 0 Å². The number of nitrogens with one attached hydrogen (secondary N) is 1. The molecule has 0 aliphatic carbocycles. The van der Waals surface area contributed by atoms with Gasteiger partial charge in [0.1, 0.15) is 0 Å². The molecule has 3 heteroatoms. The Labute approximate surface area is 75.3 Å². The molecule has 0 fully saturated rings. The monoisotopic (exact) mass is 174 g/mol. The van der Waals surface area contributed by atoms with E-state index in [1.807, 2.05) is 0 Å². The van der Waals surface area contributed by atoms with E-state index in [4.69, 9.17) is 10.8 Å². The summed E-state index contributed by atoms with van der Waals surface area (Å²) in [7, 11) is 0. The lowest BCUT2D eigenvalue weighted by Gasteiger charge is -2.01. The Hall–Kier alpha value is -0.120. The third-order valence-corrected chi connectivity index (χ3v) is 1.85. The van der Waals surface area contributed by atoms with Crippen LogP contribution in [0.1, 0.15) is 32.1 Å². The van der Waals surface area contributed by atoms with Crippen molar-refractivity contribution in [2.24, 2.45) is 5.73 Å². The lowest BCUT2D eigenvalue weighted by molar-refractivity contribution is 0.292. The van der Waals surface area contributed by atoms with E-state index in [9.17, 15) is 0 Å². The Morgan fingerprint density at radius 3 is 2.25 bits per heavy atom. The largest absolute Gasteiger partial charge is 0.395 e. The fraction of sp³-hybridized carbons (Fsp3) is 1.00. The molecule has 0 aromatic carbocycles. The molecule has 0 saturated carbocycles. The summed E-state index contributed by atoms with van der Waals surface area (Å²) in [5.74, 6) is 0. The zero-order valence-corrected chi connectivity index (χ0v) is 7.89. The van der Waals surface area contributed by atoms with E-state index in [0.717, 1.165) is 26.1 Å². The molecule has 0 aromatic rings. The van der Waals surface area contributed by atoms with Crippen molar-refractivity contribution in [2.45, 2.75) is 32.1 Å². The van der Waals surface area contributed by atoms with Crippen LogP contribution in [0.2, 0.25) is 0 Å². The number of hydrogen-bond acceptors (Lipinski definition) is 3. The van der Waals surface area contributed by atoms with Gasteiger partial charge in [0.05, 0.1) is 6.61 Å². The van der Waals surface area contributed by atoms with Crippen LogP contribution < -0.4 is 11.1 Å². The van der Waals surface area contributed by atoms with Gasteiger partial charge in [-0.3, -0.25) is 0 Å². The molecule has 0 atom stereocenters. The van der Waals surface area contributed by atoms with Gasteiger partial charge in [0.25, 0.3) is 0 Å². The third kappa shape index (κ3) is 9.88. The second-order valence-electron chi connectivity index (χ2n) is 3.03. The van der Waals surface area contributed by atoms with Gasteiger partial charge < -0.3 is 16.2 Å². The molecule has 0 aromatic heterocycles. The van der Waals surface area contributed by atoms with Gasteiger partial charge >= 0.3 is 0 Å². The van der Waals surface area contributed by atoms with Gasteiger partial charge in [-0.05, 0) is 25.9 Å². The van der Waals surface area contributed by atoms with E-state index >= 15 is 0 Å². The fourth-order valence-electron chi connectivity index (χ4n) is 1.13. The zero-order valence-electron chi connectivity index (χ0n) is 7.89. The Morgan fingerprint density at radius 2 is 1.58 bits per heavy atom. The number of aliphatic hydroxyl groups excluding tert-OH is 1. The van der Waals surface area contributed by atoms with Gasteiger partial charge in [0.2, 0.25) is 0 Å². The highest BCUT2D eigenvalue weighted by Gasteiger charge is 1.89. The number of hydrogen-bond donors (Lipinski definition) is 3. The summed E-state index contributed by atoms with van der Waals surface area (Å²) in [4.78, 5) is 0. The second kappa shape index (κ2) is 10.9. The molecule has 0 saturated heterocycles. The first-order valence-corrected chi connectivity index (χ1v) is 4.93. The van der Waals surface area contributed by atoms with Crippen molar-refractivity contribution in [1.82, 2.24) is 5.32 Å². The fourth-order valence-corrected chi connectivity index (χ4v) is 1.13. The molecule has 0 heterocycles. The molecule has 4 N–H and O–H groups in total. The van der Waals surface area contributed by atoms with Crippen molar-refractivity contribution in [3.05, 3.63) is 0 Å². The molecule has 0 aliphatic rings. The Morgan fingerprint density at radius 1 is 0.917 bits per heavy atom. The van der Waals surface area contributed by atoms with Crippen LogP contribution in [0.25, 0.3) is 0 Å². The predicted octanol–water partition coefficient (Wildman–Crippen LogP) is 0.478. The maximum Gasteiger partial charge on any atom is 0.0555 e. The lowest BCUT2D eigenvalue weighted by Crippen LogP contribution is -2.19. The Kier molecular flexibility index (Phi) is 10.8. The average molecular weight is 174 g/mol. The SMILES string of the molecule is NCCCCCCCNCCO. The highest BCUT2D eigenvalue weighted by atomic mass is 16.3. The molecule has 0 bridgehead atoms. The first kappa shape index (κ1) is 11.9. The average Bonchev–Trinajstić information content (AvgIpc) is 2.10. The zero-order chi connectivity index (χ0) is 9.07. The molecule has 0 amide bonds. The van der Waals surface area contributed by atoms with Gasteiger partial charge in [-0.15, -0.1) is 0 Å². The number of aliphatic hydroxyl groups is 1. The van der Waals surface area contributed by atoms with Gasteiger partial charge in [0, 0.05) is 6.54 Å². The topological polar surface area (TPSA) is 58.3 Å². The smallest absolute Gasteiger partial charge is 0.0555 e. The van der Waals surface area contributed by atoms with E-state index in [0.29, 0.717) is 0 Å². The molecular formula is C9H22N2O. The molecular weight excluding hydrogens is 152 g/mol. The van der Waals surface area contributed by atoms with Crippen molar-refractivity contribution in [3.63, 3.8) is 0 Å². The molecule has 12 heavy (non-hydrogen) atoms. The third-order valence-electron chi connectivity index (χ3n) is 1.85. The summed E-state index contributed by atoms with van der Waals surface area (Å²) >= 11 is 0. The lowest BCUT2D eigenvalue weighted by atomic mass is 10.1. The van der Waals surface area contributed by atoms with Crippen molar-refractivity contribution < 1.29 is 5.11 Å². The Bertz CT molecular complexity index is 68.9. The molecule has 0 spiro atoms. The van der Waals surface area contributed by atoms with Crippen LogP contribution in [0.4, 0.5) is 0 Å². The number of rotatable bonds is 9. The van der Waals surface area contributed by atoms with Crippen LogP contribution in [-0.4, -0.2) is 31.3 Å². The first-order chi connectivity index (χ1) is 5.91. The van der Waals surface area contributed by atoms with E-state index in [1.165, 1.54) is 25.7 Å². The number of nitrogens with two attached hydrogens (primary N) is 1. The number of unbranched alkanes of at least 4 members (excludes halogenated alkanes) is 4. The summed E-state index contributed by atoms with van der Waals surface area (Å²) in [5, 5.41) is 11.6. The van der Waals surface area contributed by atoms with Crippen molar-refractivity contribution >= 4 is 0 Å². The summed E-state index contributed by atoms with van der Waals surface area (Å²) in [5.41, 5.74) is 5.37. The summed E-state index contributed by atoms with van der Waals surface area (Å²) in [6, 6.07) is 0. The Balaban J connectivity index is 2.73. The van der Waals surface area contributed by atoms with Crippen LogP contribution >= 0.6 is 0 Å². The summed E-state index contributed by atoms with van der Waals surface area (Å²) in [6.07, 6.45) is 6.20. The normalized spacial score (nSPS) is 10.5. The minimum absolute atomic E-state index is 0.243. The van der Waals surface area contributed by atoms with Crippen molar-refractivity contribution in [2.75, 3.05) is 26.2 Å². The van der Waals surface area contributed by atoms with Crippen LogP contribution in [0.5, 0.6) is 0 Å². The van der Waals surface area contributed by atoms with E-state index in [-0.39, 0.29) is 6.61 Å². The predicted molar refractivity (Wildman–Crippen MR) is 52.1 cm³/mol. The summed E-state index contributed by atoms with van der Waals surface area (Å²) < 4.78 is 0. The highest BCUT2D eigenvalue weighted by Crippen LogP contribution is 2.00. The van der Waals surface area contributed by atoms with Gasteiger partial charge in [-0.1, -0.05) is 19.3 Å². The molecule has 3 nitrogen and oxygen atoms in total. The van der Waals surface area contributed by atoms with E-state index in [2.05, 4.69) is 5.32 Å². The first-order valence-electron chi connectivity index (χ1n) is 4.93. The van der Waals surface area contributed by atoms with Gasteiger partial charge in [-0.2, -0.15) is 0 Å². The highest BCUT2D eigenvalue weighted by molar-refractivity contribution is 4.48. The quantitative estimate of drug-likeness (QED) is 0.446. The van der Waals surface area contributed by atoms with E-state index < -0.39 is 0 Å². The molecule has 74 valence electrons. The minimum Gasteiger partial charge on any atom is -0.395 e. The van der Waals surface area contributed by atoms with Crippen LogP contribution in [0.3, 0.4) is 0 Å². The second-order valence-corrected chi connectivity index (χ2v) is 3.03. The van der Waals surface area contributed by atoms with Crippen molar-refractivity contribution in [1.29, 1.82) is 0 Å². The van der Waals surface area contributed by atoms with Crippen molar-refractivity contribution in [3.8, 4) is 0 Å². The standard InChI is InChI=1S/C9H22N2O/c10-6-4-2-1-3-5-7-11-8-9-12/h11-12H,1-10H2. The maximum absolute atomic E-state index is 8.46. The van der Waals surface area contributed by atoms with Crippen LogP contribution in [-0.2, 0) is 0 Å².